The zero-order chi connectivity index (χ0) is 12.9. The van der Waals surface area contributed by atoms with E-state index in [2.05, 4.69) is 6.07 Å². The molecule has 3 heteroatoms. The zero-order valence-electron chi connectivity index (χ0n) is 11.3. The van der Waals surface area contributed by atoms with Gasteiger partial charge in [-0.05, 0) is 32.6 Å². The number of nitriles is 1. The first-order valence-electron chi connectivity index (χ1n) is 6.87. The quantitative estimate of drug-likeness (QED) is 0.681. The zero-order valence-corrected chi connectivity index (χ0v) is 11.3. The van der Waals surface area contributed by atoms with Crippen molar-refractivity contribution in [2.24, 2.45) is 5.41 Å². The number of carbonyl (C=O) groups is 1. The molecule has 0 bridgehead atoms. The molecular weight excluding hydrogens is 212 g/mol. The molecule has 0 spiro atoms. The molecule has 17 heavy (non-hydrogen) atoms. The first-order valence-corrected chi connectivity index (χ1v) is 6.87. The van der Waals surface area contributed by atoms with Crippen molar-refractivity contribution < 1.29 is 4.79 Å². The molecular formula is C14H24N2O. The van der Waals surface area contributed by atoms with Crippen molar-refractivity contribution in [1.82, 2.24) is 4.90 Å². The summed E-state index contributed by atoms with van der Waals surface area (Å²) in [4.78, 5) is 14.5. The molecule has 0 atom stereocenters. The van der Waals surface area contributed by atoms with Crippen LogP contribution in [0.1, 0.15) is 59.3 Å². The van der Waals surface area contributed by atoms with Gasteiger partial charge in [0.2, 0.25) is 5.91 Å². The Morgan fingerprint density at radius 1 is 1.29 bits per heavy atom. The molecule has 0 aromatic rings. The summed E-state index contributed by atoms with van der Waals surface area (Å²) < 4.78 is 0. The second-order valence-corrected chi connectivity index (χ2v) is 5.02. The van der Waals surface area contributed by atoms with Gasteiger partial charge in [-0.15, -0.1) is 0 Å². The Morgan fingerprint density at radius 2 is 1.82 bits per heavy atom. The molecule has 0 heterocycles. The first-order chi connectivity index (χ1) is 8.15. The Balaban J connectivity index is 2.87. The summed E-state index contributed by atoms with van der Waals surface area (Å²) in [5.74, 6) is 0.0775. The number of carbonyl (C=O) groups excluding carboxylic acids is 1. The fraction of sp³-hybridized carbons (Fsp3) is 0.857. The Morgan fingerprint density at radius 3 is 2.12 bits per heavy atom. The highest BCUT2D eigenvalue weighted by Crippen LogP contribution is 2.36. The van der Waals surface area contributed by atoms with Gasteiger partial charge in [0.1, 0.15) is 5.41 Å². The third-order valence-corrected chi connectivity index (χ3v) is 3.57. The van der Waals surface area contributed by atoms with E-state index in [1.807, 2.05) is 25.7 Å². The highest BCUT2D eigenvalue weighted by molar-refractivity contribution is 5.86. The molecule has 1 rings (SSSR count). The summed E-state index contributed by atoms with van der Waals surface area (Å²) in [6, 6.07) is 2.73. The van der Waals surface area contributed by atoms with Crippen LogP contribution in [0.3, 0.4) is 0 Å². The average molecular weight is 236 g/mol. The van der Waals surface area contributed by atoms with Gasteiger partial charge in [0.25, 0.3) is 0 Å². The van der Waals surface area contributed by atoms with Gasteiger partial charge in [0, 0.05) is 12.6 Å². The van der Waals surface area contributed by atoms with Gasteiger partial charge in [0.15, 0.2) is 0 Å². The summed E-state index contributed by atoms with van der Waals surface area (Å²) >= 11 is 0. The Bertz CT molecular complexity index is 296. The monoisotopic (exact) mass is 236 g/mol. The van der Waals surface area contributed by atoms with Crippen LogP contribution in [0.25, 0.3) is 0 Å². The fourth-order valence-corrected chi connectivity index (χ4v) is 2.58. The van der Waals surface area contributed by atoms with E-state index in [0.717, 1.165) is 32.2 Å². The van der Waals surface area contributed by atoms with Crippen LogP contribution in [-0.2, 0) is 4.79 Å². The number of nitrogens with zero attached hydrogens (tertiary/aromatic N) is 2. The molecule has 0 radical (unpaired) electrons. The Labute approximate surface area is 105 Å². The van der Waals surface area contributed by atoms with E-state index < -0.39 is 5.41 Å². The maximum Gasteiger partial charge on any atom is 0.243 e. The molecule has 1 aliphatic rings. The SMILES string of the molecule is CCCC(C#N)(CCC)C(=O)N(CC)C1CC1. The maximum atomic E-state index is 12.6. The van der Waals surface area contributed by atoms with Gasteiger partial charge in [-0.3, -0.25) is 4.79 Å². The van der Waals surface area contributed by atoms with Crippen molar-refractivity contribution in [3.05, 3.63) is 0 Å². The summed E-state index contributed by atoms with van der Waals surface area (Å²) in [6.45, 7) is 6.83. The van der Waals surface area contributed by atoms with E-state index in [1.54, 1.807) is 0 Å². The normalized spacial score (nSPS) is 15.4. The van der Waals surface area contributed by atoms with Crippen LogP contribution in [0.15, 0.2) is 0 Å². The van der Waals surface area contributed by atoms with Gasteiger partial charge < -0.3 is 4.90 Å². The predicted molar refractivity (Wildman–Crippen MR) is 68.3 cm³/mol. The van der Waals surface area contributed by atoms with Crippen molar-refractivity contribution >= 4 is 5.91 Å². The molecule has 0 unspecified atom stereocenters. The van der Waals surface area contributed by atoms with Gasteiger partial charge >= 0.3 is 0 Å². The summed E-state index contributed by atoms with van der Waals surface area (Å²) in [5, 5.41) is 9.46. The molecule has 1 amide bonds. The van der Waals surface area contributed by atoms with Crippen LogP contribution >= 0.6 is 0 Å². The van der Waals surface area contributed by atoms with Crippen molar-refractivity contribution in [2.45, 2.75) is 65.3 Å². The van der Waals surface area contributed by atoms with Crippen LogP contribution < -0.4 is 0 Å². The van der Waals surface area contributed by atoms with E-state index in [4.69, 9.17) is 0 Å². The maximum absolute atomic E-state index is 12.6. The number of hydrogen-bond donors (Lipinski definition) is 0. The second-order valence-electron chi connectivity index (χ2n) is 5.02. The molecule has 1 fully saturated rings. The highest BCUT2D eigenvalue weighted by Gasteiger charge is 2.43. The summed E-state index contributed by atoms with van der Waals surface area (Å²) in [6.07, 6.45) is 5.39. The molecule has 0 saturated heterocycles. The van der Waals surface area contributed by atoms with E-state index in [9.17, 15) is 10.1 Å². The minimum Gasteiger partial charge on any atom is -0.339 e. The van der Waals surface area contributed by atoms with Crippen LogP contribution in [-0.4, -0.2) is 23.4 Å². The van der Waals surface area contributed by atoms with E-state index in [0.29, 0.717) is 18.9 Å². The number of rotatable bonds is 7. The average Bonchev–Trinajstić information content (AvgIpc) is 3.14. The third-order valence-electron chi connectivity index (χ3n) is 3.57. The van der Waals surface area contributed by atoms with E-state index in [1.165, 1.54) is 0 Å². The standard InChI is InChI=1S/C14H24N2O/c1-4-9-14(11-15,10-5-2)13(17)16(6-3)12-7-8-12/h12H,4-10H2,1-3H3. The van der Waals surface area contributed by atoms with Gasteiger partial charge in [0.05, 0.1) is 6.07 Å². The van der Waals surface area contributed by atoms with Crippen LogP contribution in [0, 0.1) is 16.7 Å². The Kier molecular flexibility index (Phi) is 4.99. The van der Waals surface area contributed by atoms with Gasteiger partial charge in [-0.25, -0.2) is 0 Å². The number of hydrogen-bond acceptors (Lipinski definition) is 2. The van der Waals surface area contributed by atoms with Crippen LogP contribution in [0.4, 0.5) is 0 Å². The lowest BCUT2D eigenvalue weighted by Gasteiger charge is -2.31. The number of amides is 1. The highest BCUT2D eigenvalue weighted by atomic mass is 16.2. The predicted octanol–water partition coefficient (Wildman–Crippen LogP) is 3.11. The minimum atomic E-state index is -0.762. The summed E-state index contributed by atoms with van der Waals surface area (Å²) in [5.41, 5.74) is -0.762. The van der Waals surface area contributed by atoms with Crippen LogP contribution in [0.5, 0.6) is 0 Å². The molecule has 96 valence electrons. The molecule has 1 aliphatic carbocycles. The molecule has 0 aromatic heterocycles. The molecule has 0 aliphatic heterocycles. The smallest absolute Gasteiger partial charge is 0.243 e. The van der Waals surface area contributed by atoms with E-state index in [-0.39, 0.29) is 5.91 Å². The van der Waals surface area contributed by atoms with Crippen molar-refractivity contribution in [3.8, 4) is 6.07 Å². The minimum absolute atomic E-state index is 0.0775. The molecule has 0 N–H and O–H groups in total. The Hall–Kier alpha value is -1.04. The lowest BCUT2D eigenvalue weighted by atomic mass is 9.79. The van der Waals surface area contributed by atoms with Gasteiger partial charge in [-0.1, -0.05) is 26.7 Å². The molecule has 1 saturated carbocycles. The molecule has 3 nitrogen and oxygen atoms in total. The largest absolute Gasteiger partial charge is 0.339 e. The van der Waals surface area contributed by atoms with Gasteiger partial charge in [-0.2, -0.15) is 5.26 Å². The lowest BCUT2D eigenvalue weighted by Crippen LogP contribution is -2.44. The summed E-state index contributed by atoms with van der Waals surface area (Å²) in [7, 11) is 0. The van der Waals surface area contributed by atoms with Crippen molar-refractivity contribution in [2.75, 3.05) is 6.54 Å². The van der Waals surface area contributed by atoms with Crippen molar-refractivity contribution in [3.63, 3.8) is 0 Å². The third kappa shape index (κ3) is 3.00. The van der Waals surface area contributed by atoms with E-state index >= 15 is 0 Å². The van der Waals surface area contributed by atoms with Crippen LogP contribution in [0.2, 0.25) is 0 Å². The molecule has 0 aromatic carbocycles. The topological polar surface area (TPSA) is 44.1 Å². The lowest BCUT2D eigenvalue weighted by molar-refractivity contribution is -0.140. The van der Waals surface area contributed by atoms with Crippen molar-refractivity contribution in [1.29, 1.82) is 5.26 Å². The fourth-order valence-electron chi connectivity index (χ4n) is 2.58. The second kappa shape index (κ2) is 6.05. The first kappa shape index (κ1) is 14.0.